The van der Waals surface area contributed by atoms with Gasteiger partial charge in [-0.3, -0.25) is 0 Å². The van der Waals surface area contributed by atoms with E-state index in [2.05, 4.69) is 184 Å². The van der Waals surface area contributed by atoms with Gasteiger partial charge in [0.2, 0.25) is 0 Å². The first-order chi connectivity index (χ1) is 29.6. The third-order valence-electron chi connectivity index (χ3n) is 14.7. The van der Waals surface area contributed by atoms with E-state index in [1.807, 2.05) is 0 Å². The summed E-state index contributed by atoms with van der Waals surface area (Å²) < 4.78 is 0. The first-order valence-corrected chi connectivity index (χ1v) is 21.3. The Morgan fingerprint density at radius 1 is 0.233 bits per heavy atom. The van der Waals surface area contributed by atoms with Crippen LogP contribution in [0.15, 0.2) is 170 Å². The van der Waals surface area contributed by atoms with Gasteiger partial charge in [0, 0.05) is 0 Å². The van der Waals surface area contributed by atoms with Crippen LogP contribution in [0, 0.1) is 13.8 Å². The van der Waals surface area contributed by atoms with Crippen molar-refractivity contribution in [3.8, 4) is 44.5 Å². The Morgan fingerprint density at radius 3 is 1.40 bits per heavy atom. The van der Waals surface area contributed by atoms with Crippen molar-refractivity contribution in [3.63, 3.8) is 0 Å². The van der Waals surface area contributed by atoms with Crippen molar-refractivity contribution >= 4 is 108 Å². The zero-order chi connectivity index (χ0) is 39.1. The molecule has 14 aromatic rings. The molecule has 0 atom stereocenters. The Kier molecular flexibility index (Phi) is 5.63. The van der Waals surface area contributed by atoms with Crippen LogP contribution in [0.3, 0.4) is 0 Å². The van der Waals surface area contributed by atoms with Gasteiger partial charge in [0.1, 0.15) is 0 Å². The Hall–Kier alpha value is -7.54. The van der Waals surface area contributed by atoms with Gasteiger partial charge in [-0.1, -0.05) is 158 Å². The molecule has 0 saturated heterocycles. The second-order valence-corrected chi connectivity index (χ2v) is 17.5. The van der Waals surface area contributed by atoms with E-state index in [9.17, 15) is 0 Å². The Bertz CT molecular complexity index is 4220. The smallest absolute Gasteiger partial charge is 0.000695 e. The summed E-state index contributed by atoms with van der Waals surface area (Å²) in [4.78, 5) is 0. The van der Waals surface area contributed by atoms with E-state index < -0.39 is 0 Å². The molecule has 274 valence electrons. The summed E-state index contributed by atoms with van der Waals surface area (Å²) in [6, 6.07) is 65.1. The number of hydrogen-bond donors (Lipinski definition) is 0. The first-order valence-electron chi connectivity index (χ1n) is 21.3. The van der Waals surface area contributed by atoms with Gasteiger partial charge in [0.15, 0.2) is 0 Å². The lowest BCUT2D eigenvalue weighted by Crippen LogP contribution is -1.89. The molecular weight excluding hydrogens is 721 g/mol. The summed E-state index contributed by atoms with van der Waals surface area (Å²) >= 11 is 0. The second kappa shape index (κ2) is 10.7. The molecule has 0 bridgehead atoms. The van der Waals surface area contributed by atoms with Crippen LogP contribution in [-0.2, 0) is 0 Å². The lowest BCUT2D eigenvalue weighted by atomic mass is 9.86. The molecule has 0 aliphatic heterocycles. The number of hydrogen-bond acceptors (Lipinski definition) is 0. The Morgan fingerprint density at radius 2 is 0.683 bits per heavy atom. The zero-order valence-corrected chi connectivity index (χ0v) is 33.2. The maximum atomic E-state index is 2.49. The van der Waals surface area contributed by atoms with Crippen LogP contribution < -0.4 is 0 Å². The number of aryl methyl sites for hydroxylation is 2. The van der Waals surface area contributed by atoms with E-state index in [4.69, 9.17) is 0 Å². The van der Waals surface area contributed by atoms with Crippen LogP contribution in [0.1, 0.15) is 11.1 Å². The standard InChI is InChI=1S/C60H34/c1-31-11-3-6-14-35(31)34-19-20-38-41-21-22-42-44-25-27-47-56-48(28-26-45(55(44)56)43-23-24-46(49(38)29-34)53(41)54(42)43)59-57-40-18-10-9-17-39(40)52-37-16-8-5-13-33(37)30-50(60(52)57)51(58(47)59)36-15-7-4-12-32(36)2/h3-30H,1-2H3. The highest BCUT2D eigenvalue weighted by Crippen LogP contribution is 2.58. The minimum Gasteiger partial charge on any atom is -0.0620 e. The highest BCUT2D eigenvalue weighted by molar-refractivity contribution is 6.52. The van der Waals surface area contributed by atoms with Crippen LogP contribution in [-0.4, -0.2) is 0 Å². The fourth-order valence-corrected chi connectivity index (χ4v) is 12.3. The lowest BCUT2D eigenvalue weighted by molar-refractivity contribution is 1.46. The number of rotatable bonds is 2. The van der Waals surface area contributed by atoms with Gasteiger partial charge in [0.05, 0.1) is 0 Å². The molecular formula is C60H34. The van der Waals surface area contributed by atoms with E-state index in [1.54, 1.807) is 0 Å². The summed E-state index contributed by atoms with van der Waals surface area (Å²) in [6.45, 7) is 4.49. The molecule has 0 spiro atoms. The molecule has 0 heterocycles. The molecule has 0 fully saturated rings. The fraction of sp³-hybridized carbons (Fsp3) is 0.0333. The van der Waals surface area contributed by atoms with E-state index in [-0.39, 0.29) is 0 Å². The molecule has 0 radical (unpaired) electrons. The van der Waals surface area contributed by atoms with Crippen LogP contribution in [0.4, 0.5) is 0 Å². The summed E-state index contributed by atoms with van der Waals surface area (Å²) in [6.07, 6.45) is 0. The highest BCUT2D eigenvalue weighted by atomic mass is 14.3. The minimum atomic E-state index is 1.28. The first kappa shape index (κ1) is 31.5. The van der Waals surface area contributed by atoms with E-state index >= 15 is 0 Å². The predicted octanol–water partition coefficient (Wildman–Crippen LogP) is 17.1. The third-order valence-corrected chi connectivity index (χ3v) is 14.7. The molecule has 0 aromatic heterocycles. The number of fused-ring (bicyclic) bond motifs is 14. The molecule has 0 nitrogen and oxygen atoms in total. The fourth-order valence-electron chi connectivity index (χ4n) is 12.3. The van der Waals surface area contributed by atoms with Crippen LogP contribution in [0.25, 0.3) is 152 Å². The average molecular weight is 755 g/mol. The van der Waals surface area contributed by atoms with Gasteiger partial charge in [-0.25, -0.2) is 0 Å². The SMILES string of the molecule is Cc1ccccc1-c1ccc2c(c1)-c1ccc3c4ccc5c6c(ccc(c7ccc-2c1c73)c46)c1c(-c2ccccc2C)c2cc3ccccc3c3c4ccccc4c(c51)c23. The van der Waals surface area contributed by atoms with Gasteiger partial charge >= 0.3 is 0 Å². The van der Waals surface area contributed by atoms with E-state index in [0.29, 0.717) is 0 Å². The summed E-state index contributed by atoms with van der Waals surface area (Å²) in [5.74, 6) is 0. The maximum Gasteiger partial charge on any atom is -0.000695 e. The Balaban J connectivity index is 1.12. The van der Waals surface area contributed by atoms with Crippen molar-refractivity contribution in [1.29, 1.82) is 0 Å². The molecule has 1 aliphatic carbocycles. The molecule has 0 unspecified atom stereocenters. The van der Waals surface area contributed by atoms with Gasteiger partial charge in [0.25, 0.3) is 0 Å². The van der Waals surface area contributed by atoms with Crippen LogP contribution >= 0.6 is 0 Å². The number of benzene rings is 12. The average Bonchev–Trinajstić information content (AvgIpc) is 3.93. The van der Waals surface area contributed by atoms with Crippen LogP contribution in [0.2, 0.25) is 0 Å². The van der Waals surface area contributed by atoms with E-state index in [1.165, 1.54) is 163 Å². The molecule has 0 heteroatoms. The van der Waals surface area contributed by atoms with Crippen molar-refractivity contribution < 1.29 is 0 Å². The summed E-state index contributed by atoms with van der Waals surface area (Å²) in [5, 5.41) is 27.2. The highest BCUT2D eigenvalue weighted by Gasteiger charge is 2.30. The van der Waals surface area contributed by atoms with E-state index in [0.717, 1.165) is 0 Å². The van der Waals surface area contributed by atoms with Crippen molar-refractivity contribution in [2.45, 2.75) is 13.8 Å². The molecule has 0 amide bonds. The second-order valence-electron chi connectivity index (χ2n) is 17.5. The summed E-state index contributed by atoms with van der Waals surface area (Å²) in [5.41, 5.74) is 13.2. The molecule has 0 N–H and O–H groups in total. The zero-order valence-electron chi connectivity index (χ0n) is 33.2. The van der Waals surface area contributed by atoms with Crippen molar-refractivity contribution in [1.82, 2.24) is 0 Å². The molecule has 0 saturated carbocycles. The van der Waals surface area contributed by atoms with Crippen LogP contribution in [0.5, 0.6) is 0 Å². The normalized spacial score (nSPS) is 12.8. The van der Waals surface area contributed by atoms with Crippen molar-refractivity contribution in [2.75, 3.05) is 0 Å². The molecule has 15 rings (SSSR count). The quantitative estimate of drug-likeness (QED) is 0.122. The van der Waals surface area contributed by atoms with Gasteiger partial charge in [-0.15, -0.1) is 0 Å². The maximum absolute atomic E-state index is 2.49. The minimum absolute atomic E-state index is 1.28. The lowest BCUT2D eigenvalue weighted by Gasteiger charge is -2.16. The summed E-state index contributed by atoms with van der Waals surface area (Å²) in [7, 11) is 0. The van der Waals surface area contributed by atoms with Gasteiger partial charge in [-0.05, 0) is 189 Å². The third kappa shape index (κ3) is 3.59. The molecule has 60 heavy (non-hydrogen) atoms. The van der Waals surface area contributed by atoms with Crippen molar-refractivity contribution in [3.05, 3.63) is 181 Å². The largest absolute Gasteiger partial charge is 0.0620 e. The van der Waals surface area contributed by atoms with Gasteiger partial charge < -0.3 is 0 Å². The topological polar surface area (TPSA) is 0 Å². The molecule has 14 aromatic carbocycles. The Labute approximate surface area is 345 Å². The van der Waals surface area contributed by atoms with Crippen molar-refractivity contribution in [2.24, 2.45) is 0 Å². The van der Waals surface area contributed by atoms with Gasteiger partial charge in [-0.2, -0.15) is 0 Å². The monoisotopic (exact) mass is 754 g/mol. The molecule has 1 aliphatic rings. The predicted molar refractivity (Wildman–Crippen MR) is 260 cm³/mol.